The Labute approximate surface area is 109 Å². The van der Waals surface area contributed by atoms with E-state index in [1.807, 2.05) is 30.3 Å². The molecular weight excluding hydrogens is 243 g/mol. The van der Waals surface area contributed by atoms with Crippen LogP contribution in [0.1, 0.15) is 5.56 Å². The molecule has 0 fully saturated rings. The van der Waals surface area contributed by atoms with Gasteiger partial charge in [0.1, 0.15) is 5.82 Å². The summed E-state index contributed by atoms with van der Waals surface area (Å²) in [5.74, 6) is 0.118. The molecule has 3 rings (SSSR count). The fourth-order valence-electron chi connectivity index (χ4n) is 1.80. The number of tetrazole rings is 1. The largest absolute Gasteiger partial charge is 0.207 e. The quantitative estimate of drug-likeness (QED) is 0.721. The Hall–Kier alpha value is -2.56. The average Bonchev–Trinajstić information content (AvgIpc) is 2.88. The molecule has 19 heavy (non-hydrogen) atoms. The summed E-state index contributed by atoms with van der Waals surface area (Å²) in [5.41, 5.74) is 1.71. The van der Waals surface area contributed by atoms with Crippen LogP contribution in [0.5, 0.6) is 0 Å². The Kier molecular flexibility index (Phi) is 3.02. The molecule has 1 heterocycles. The molecule has 0 unspecified atom stereocenters. The van der Waals surface area contributed by atoms with Crippen LogP contribution >= 0.6 is 0 Å². The maximum absolute atomic E-state index is 13.1. The van der Waals surface area contributed by atoms with E-state index in [9.17, 15) is 4.39 Å². The van der Waals surface area contributed by atoms with Crippen molar-refractivity contribution in [2.75, 3.05) is 0 Å². The van der Waals surface area contributed by atoms with Crippen molar-refractivity contribution < 1.29 is 4.39 Å². The van der Waals surface area contributed by atoms with Gasteiger partial charge in [-0.1, -0.05) is 42.5 Å². The number of benzene rings is 2. The predicted molar refractivity (Wildman–Crippen MR) is 68.8 cm³/mol. The van der Waals surface area contributed by atoms with E-state index in [1.165, 1.54) is 16.9 Å². The number of nitrogens with zero attached hydrogens (tertiary/aromatic N) is 4. The smallest absolute Gasteiger partial charge is 0.205 e. The zero-order valence-corrected chi connectivity index (χ0v) is 10.1. The van der Waals surface area contributed by atoms with Crippen LogP contribution in [0.4, 0.5) is 4.39 Å². The molecule has 0 N–H and O–H groups in total. The van der Waals surface area contributed by atoms with E-state index in [4.69, 9.17) is 0 Å². The van der Waals surface area contributed by atoms with Crippen molar-refractivity contribution in [2.45, 2.75) is 6.54 Å². The normalized spacial score (nSPS) is 10.6. The minimum absolute atomic E-state index is 0.308. The lowest BCUT2D eigenvalue weighted by molar-refractivity contribution is 0.573. The average molecular weight is 254 g/mol. The van der Waals surface area contributed by atoms with E-state index in [-0.39, 0.29) is 5.82 Å². The fraction of sp³-hybridized carbons (Fsp3) is 0.0714. The van der Waals surface area contributed by atoms with Crippen molar-refractivity contribution in [3.63, 3.8) is 0 Å². The van der Waals surface area contributed by atoms with Gasteiger partial charge in [0.25, 0.3) is 0 Å². The Balaban J connectivity index is 1.84. The van der Waals surface area contributed by atoms with Crippen LogP contribution in [0.25, 0.3) is 11.4 Å². The number of halogens is 1. The van der Waals surface area contributed by atoms with Crippen molar-refractivity contribution in [1.82, 2.24) is 20.2 Å². The Bertz CT molecular complexity index is 679. The first-order valence-corrected chi connectivity index (χ1v) is 5.89. The second-order valence-electron chi connectivity index (χ2n) is 4.14. The minimum atomic E-state index is -0.308. The zero-order chi connectivity index (χ0) is 13.1. The first-order chi connectivity index (χ1) is 9.31. The van der Waals surface area contributed by atoms with Gasteiger partial charge in [0, 0.05) is 5.56 Å². The van der Waals surface area contributed by atoms with Crippen molar-refractivity contribution in [1.29, 1.82) is 0 Å². The van der Waals surface area contributed by atoms with Crippen molar-refractivity contribution in [3.05, 3.63) is 66.0 Å². The lowest BCUT2D eigenvalue weighted by atomic mass is 10.2. The maximum atomic E-state index is 13.1. The van der Waals surface area contributed by atoms with Gasteiger partial charge in [-0.2, -0.15) is 4.80 Å². The van der Waals surface area contributed by atoms with E-state index in [2.05, 4.69) is 15.4 Å². The first-order valence-electron chi connectivity index (χ1n) is 5.89. The highest BCUT2D eigenvalue weighted by Gasteiger charge is 2.06. The van der Waals surface area contributed by atoms with Gasteiger partial charge in [-0.05, 0) is 22.9 Å². The minimum Gasteiger partial charge on any atom is -0.207 e. The molecule has 3 aromatic rings. The summed E-state index contributed by atoms with van der Waals surface area (Å²) in [6.45, 7) is 0.545. The van der Waals surface area contributed by atoms with Crippen LogP contribution < -0.4 is 0 Å². The molecule has 0 amide bonds. The highest BCUT2D eigenvalue weighted by molar-refractivity contribution is 5.53. The molecule has 1 aromatic heterocycles. The Morgan fingerprint density at radius 1 is 1.00 bits per heavy atom. The van der Waals surface area contributed by atoms with Crippen LogP contribution in [-0.2, 0) is 6.54 Å². The van der Waals surface area contributed by atoms with E-state index in [0.29, 0.717) is 17.9 Å². The van der Waals surface area contributed by atoms with Crippen molar-refractivity contribution >= 4 is 0 Å². The molecule has 5 heteroatoms. The summed E-state index contributed by atoms with van der Waals surface area (Å²) in [4.78, 5) is 1.50. The van der Waals surface area contributed by atoms with Gasteiger partial charge in [-0.15, -0.1) is 10.2 Å². The highest BCUT2D eigenvalue weighted by Crippen LogP contribution is 2.14. The lowest BCUT2D eigenvalue weighted by Crippen LogP contribution is -2.03. The van der Waals surface area contributed by atoms with Gasteiger partial charge in [0.05, 0.1) is 6.54 Å². The van der Waals surface area contributed by atoms with E-state index in [0.717, 1.165) is 5.56 Å². The van der Waals surface area contributed by atoms with Crippen LogP contribution in [-0.4, -0.2) is 20.2 Å². The van der Waals surface area contributed by atoms with E-state index < -0.39 is 0 Å². The number of hydrogen-bond donors (Lipinski definition) is 0. The molecule has 0 saturated carbocycles. The van der Waals surface area contributed by atoms with Crippen molar-refractivity contribution in [2.24, 2.45) is 0 Å². The summed E-state index contributed by atoms with van der Waals surface area (Å²) < 4.78 is 13.1. The van der Waals surface area contributed by atoms with Crippen LogP contribution in [0, 0.1) is 5.82 Å². The van der Waals surface area contributed by atoms with Gasteiger partial charge < -0.3 is 0 Å². The van der Waals surface area contributed by atoms with Crippen LogP contribution in [0.15, 0.2) is 54.6 Å². The topological polar surface area (TPSA) is 43.6 Å². The number of hydrogen-bond acceptors (Lipinski definition) is 3. The summed E-state index contributed by atoms with van der Waals surface area (Å²) >= 11 is 0. The summed E-state index contributed by atoms with van der Waals surface area (Å²) in [5, 5.41) is 12.2. The number of aromatic nitrogens is 4. The molecule has 0 aliphatic heterocycles. The van der Waals surface area contributed by atoms with Gasteiger partial charge >= 0.3 is 0 Å². The molecule has 0 radical (unpaired) electrons. The molecule has 0 saturated heterocycles. The molecule has 4 nitrogen and oxygen atoms in total. The Morgan fingerprint density at radius 2 is 1.84 bits per heavy atom. The standard InChI is InChI=1S/C14H11FN4/c15-13-8-4-7-12(9-13)14-16-18-19(17-14)10-11-5-2-1-3-6-11/h1-9H,10H2. The van der Waals surface area contributed by atoms with Gasteiger partial charge in [-0.3, -0.25) is 0 Å². The zero-order valence-electron chi connectivity index (χ0n) is 10.1. The van der Waals surface area contributed by atoms with Gasteiger partial charge in [-0.25, -0.2) is 4.39 Å². The molecule has 0 atom stereocenters. The SMILES string of the molecule is Fc1cccc(-c2nnn(Cc3ccccc3)n2)c1. The van der Waals surface area contributed by atoms with E-state index in [1.54, 1.807) is 12.1 Å². The third-order valence-corrected chi connectivity index (χ3v) is 2.70. The molecule has 0 spiro atoms. The molecule has 0 aliphatic carbocycles. The monoisotopic (exact) mass is 254 g/mol. The maximum Gasteiger partial charge on any atom is 0.205 e. The molecule has 94 valence electrons. The molecule has 0 bridgehead atoms. The molecular formula is C14H11FN4. The Morgan fingerprint density at radius 3 is 2.63 bits per heavy atom. The summed E-state index contributed by atoms with van der Waals surface area (Å²) in [7, 11) is 0. The predicted octanol–water partition coefficient (Wildman–Crippen LogP) is 2.53. The van der Waals surface area contributed by atoms with E-state index >= 15 is 0 Å². The van der Waals surface area contributed by atoms with Crippen LogP contribution in [0.3, 0.4) is 0 Å². The van der Waals surface area contributed by atoms with Gasteiger partial charge in [0.15, 0.2) is 0 Å². The number of rotatable bonds is 3. The van der Waals surface area contributed by atoms with Gasteiger partial charge in [0.2, 0.25) is 5.82 Å². The molecule has 0 aliphatic rings. The highest BCUT2D eigenvalue weighted by atomic mass is 19.1. The van der Waals surface area contributed by atoms with Crippen LogP contribution in [0.2, 0.25) is 0 Å². The first kappa shape index (κ1) is 11.5. The summed E-state index contributed by atoms with van der Waals surface area (Å²) in [6, 6.07) is 16.0. The fourth-order valence-corrected chi connectivity index (χ4v) is 1.80. The summed E-state index contributed by atoms with van der Waals surface area (Å²) in [6.07, 6.45) is 0. The third kappa shape index (κ3) is 2.65. The van der Waals surface area contributed by atoms with Crippen molar-refractivity contribution in [3.8, 4) is 11.4 Å². The second-order valence-corrected chi connectivity index (χ2v) is 4.14. The lowest BCUT2D eigenvalue weighted by Gasteiger charge is -1.98. The third-order valence-electron chi connectivity index (χ3n) is 2.70. The molecule has 2 aromatic carbocycles. The second kappa shape index (κ2) is 4.97.